The average Bonchev–Trinajstić information content (AvgIpc) is 2.89. The van der Waals surface area contributed by atoms with Crippen molar-refractivity contribution in [2.75, 3.05) is 0 Å². The maximum absolute atomic E-state index is 12.4. The first-order chi connectivity index (χ1) is 11.3. The summed E-state index contributed by atoms with van der Waals surface area (Å²) in [4.78, 5) is 4.29. The van der Waals surface area contributed by atoms with Crippen LogP contribution in [0.25, 0.3) is 10.9 Å². The van der Waals surface area contributed by atoms with Gasteiger partial charge in [-0.3, -0.25) is 4.98 Å². The fraction of sp³-hybridized carbons (Fsp3) is 0.267. The minimum Gasteiger partial charge on any atom is -0.486 e. The molecule has 0 N–H and O–H groups in total. The van der Waals surface area contributed by atoms with Crippen LogP contribution in [-0.4, -0.2) is 26.3 Å². The molecule has 2 aromatic heterocycles. The number of nitrogens with zero attached hydrogens (tertiary/aromatic N) is 4. The highest BCUT2D eigenvalue weighted by Crippen LogP contribution is 2.31. The van der Waals surface area contributed by atoms with Crippen molar-refractivity contribution in [3.05, 3.63) is 41.9 Å². The Bertz CT molecular complexity index is 877. The molecule has 1 aromatic carbocycles. The summed E-state index contributed by atoms with van der Waals surface area (Å²) in [6, 6.07) is 5.59. The maximum Gasteiger partial charge on any atom is 0.573 e. The molecule has 126 valence electrons. The Labute approximate surface area is 134 Å². The lowest BCUT2D eigenvalue weighted by molar-refractivity contribution is -0.274. The van der Waals surface area contributed by atoms with E-state index in [0.29, 0.717) is 22.3 Å². The second-order valence-corrected chi connectivity index (χ2v) is 5.13. The summed E-state index contributed by atoms with van der Waals surface area (Å²) in [6.07, 6.45) is -3.21. The Balaban J connectivity index is 1.95. The van der Waals surface area contributed by atoms with Crippen LogP contribution in [0.4, 0.5) is 13.2 Å². The van der Waals surface area contributed by atoms with Gasteiger partial charge in [-0.05, 0) is 25.1 Å². The summed E-state index contributed by atoms with van der Waals surface area (Å²) in [5, 5.41) is 7.96. The fourth-order valence-electron chi connectivity index (χ4n) is 2.21. The van der Waals surface area contributed by atoms with Crippen molar-refractivity contribution in [1.82, 2.24) is 20.0 Å². The van der Waals surface area contributed by atoms with Gasteiger partial charge in [0.15, 0.2) is 0 Å². The van der Waals surface area contributed by atoms with E-state index < -0.39 is 6.36 Å². The number of rotatable bonds is 4. The summed E-state index contributed by atoms with van der Waals surface area (Å²) in [6.45, 7) is 1.95. The first-order valence-corrected chi connectivity index (χ1v) is 6.95. The minimum atomic E-state index is -4.76. The van der Waals surface area contributed by atoms with Crippen LogP contribution in [0.1, 0.15) is 11.4 Å². The largest absolute Gasteiger partial charge is 0.573 e. The lowest BCUT2D eigenvalue weighted by Gasteiger charge is -2.13. The summed E-state index contributed by atoms with van der Waals surface area (Å²) in [5.41, 5.74) is 1.92. The summed E-state index contributed by atoms with van der Waals surface area (Å²) < 4.78 is 48.4. The van der Waals surface area contributed by atoms with Gasteiger partial charge in [0.25, 0.3) is 0 Å². The van der Waals surface area contributed by atoms with Crippen LogP contribution in [0.5, 0.6) is 11.5 Å². The van der Waals surface area contributed by atoms with Crippen LogP contribution in [0.3, 0.4) is 0 Å². The number of pyridine rings is 1. The highest BCUT2D eigenvalue weighted by atomic mass is 19.4. The zero-order valence-electron chi connectivity index (χ0n) is 12.8. The first-order valence-electron chi connectivity index (χ1n) is 6.95. The summed E-state index contributed by atoms with van der Waals surface area (Å²) in [5.74, 6) is 0.0824. The molecular weight excluding hydrogens is 325 g/mol. The predicted octanol–water partition coefficient (Wildman–Crippen LogP) is 3.15. The van der Waals surface area contributed by atoms with Crippen LogP contribution in [-0.2, 0) is 13.7 Å². The molecule has 0 atom stereocenters. The number of ether oxygens (including phenoxy) is 2. The second-order valence-electron chi connectivity index (χ2n) is 5.13. The lowest BCUT2D eigenvalue weighted by Crippen LogP contribution is -2.17. The van der Waals surface area contributed by atoms with E-state index in [1.54, 1.807) is 30.9 Å². The molecule has 6 nitrogen and oxygen atoms in total. The SMILES string of the molecule is Cc1cc(OCc2cnnn2C)c2cc(OC(F)(F)F)ccc2n1. The van der Waals surface area contributed by atoms with Crippen molar-refractivity contribution in [3.8, 4) is 11.5 Å². The zero-order chi connectivity index (χ0) is 17.3. The summed E-state index contributed by atoms with van der Waals surface area (Å²) >= 11 is 0. The summed E-state index contributed by atoms with van der Waals surface area (Å²) in [7, 11) is 1.72. The van der Waals surface area contributed by atoms with E-state index in [1.165, 1.54) is 18.2 Å². The molecule has 0 amide bonds. The van der Waals surface area contributed by atoms with Gasteiger partial charge in [-0.15, -0.1) is 18.3 Å². The molecule has 2 heterocycles. The Morgan fingerprint density at radius 2 is 2.00 bits per heavy atom. The van der Waals surface area contributed by atoms with Gasteiger partial charge < -0.3 is 9.47 Å². The van der Waals surface area contributed by atoms with E-state index in [0.717, 1.165) is 5.69 Å². The molecule has 0 radical (unpaired) electrons. The van der Waals surface area contributed by atoms with Gasteiger partial charge in [0.1, 0.15) is 18.1 Å². The maximum atomic E-state index is 12.4. The topological polar surface area (TPSA) is 62.1 Å². The molecule has 0 aliphatic carbocycles. The van der Waals surface area contributed by atoms with Crippen LogP contribution in [0, 0.1) is 6.92 Å². The molecule has 3 rings (SSSR count). The minimum absolute atomic E-state index is 0.173. The van der Waals surface area contributed by atoms with E-state index >= 15 is 0 Å². The van der Waals surface area contributed by atoms with E-state index in [9.17, 15) is 13.2 Å². The fourth-order valence-corrected chi connectivity index (χ4v) is 2.21. The van der Waals surface area contributed by atoms with E-state index in [4.69, 9.17) is 4.74 Å². The average molecular weight is 338 g/mol. The molecule has 3 aromatic rings. The molecule has 0 fully saturated rings. The van der Waals surface area contributed by atoms with Crippen molar-refractivity contribution >= 4 is 10.9 Å². The molecule has 0 aliphatic heterocycles. The quantitative estimate of drug-likeness (QED) is 0.731. The van der Waals surface area contributed by atoms with Crippen LogP contribution < -0.4 is 9.47 Å². The number of aryl methyl sites for hydroxylation is 2. The molecule has 0 unspecified atom stereocenters. The number of hydrogen-bond acceptors (Lipinski definition) is 5. The van der Waals surface area contributed by atoms with Crippen LogP contribution >= 0.6 is 0 Å². The molecule has 0 aliphatic rings. The van der Waals surface area contributed by atoms with Crippen LogP contribution in [0.15, 0.2) is 30.5 Å². The highest BCUT2D eigenvalue weighted by Gasteiger charge is 2.31. The molecular formula is C15H13F3N4O2. The Morgan fingerprint density at radius 1 is 1.21 bits per heavy atom. The molecule has 24 heavy (non-hydrogen) atoms. The third-order valence-electron chi connectivity index (χ3n) is 3.29. The van der Waals surface area contributed by atoms with Gasteiger partial charge in [0, 0.05) is 24.2 Å². The first kappa shape index (κ1) is 16.0. The zero-order valence-corrected chi connectivity index (χ0v) is 12.8. The molecule has 0 spiro atoms. The number of alkyl halides is 3. The molecule has 0 bridgehead atoms. The Hall–Kier alpha value is -2.84. The predicted molar refractivity (Wildman–Crippen MR) is 78.5 cm³/mol. The van der Waals surface area contributed by atoms with Crippen molar-refractivity contribution in [2.45, 2.75) is 19.9 Å². The Morgan fingerprint density at radius 3 is 2.67 bits per heavy atom. The number of fused-ring (bicyclic) bond motifs is 1. The lowest BCUT2D eigenvalue weighted by atomic mass is 10.1. The van der Waals surface area contributed by atoms with Crippen molar-refractivity contribution in [1.29, 1.82) is 0 Å². The van der Waals surface area contributed by atoms with E-state index in [-0.39, 0.29) is 12.4 Å². The van der Waals surface area contributed by atoms with Gasteiger partial charge in [-0.2, -0.15) is 0 Å². The van der Waals surface area contributed by atoms with Crippen LogP contribution in [0.2, 0.25) is 0 Å². The third-order valence-corrected chi connectivity index (χ3v) is 3.29. The second kappa shape index (κ2) is 5.99. The van der Waals surface area contributed by atoms with Crippen molar-refractivity contribution < 1.29 is 22.6 Å². The number of aromatic nitrogens is 4. The van der Waals surface area contributed by atoms with Gasteiger partial charge in [-0.1, -0.05) is 5.21 Å². The monoisotopic (exact) mass is 338 g/mol. The molecule has 9 heteroatoms. The van der Waals surface area contributed by atoms with E-state index in [1.807, 2.05) is 0 Å². The number of hydrogen-bond donors (Lipinski definition) is 0. The smallest absolute Gasteiger partial charge is 0.486 e. The third kappa shape index (κ3) is 3.55. The van der Waals surface area contributed by atoms with Gasteiger partial charge in [0.2, 0.25) is 0 Å². The Kier molecular flexibility index (Phi) is 4.00. The number of benzene rings is 1. The normalized spacial score (nSPS) is 11.7. The highest BCUT2D eigenvalue weighted by molar-refractivity contribution is 5.86. The van der Waals surface area contributed by atoms with Gasteiger partial charge in [-0.25, -0.2) is 4.68 Å². The van der Waals surface area contributed by atoms with Gasteiger partial charge >= 0.3 is 6.36 Å². The van der Waals surface area contributed by atoms with Crippen molar-refractivity contribution in [2.24, 2.45) is 7.05 Å². The van der Waals surface area contributed by atoms with Crippen molar-refractivity contribution in [3.63, 3.8) is 0 Å². The number of halogens is 3. The van der Waals surface area contributed by atoms with Gasteiger partial charge in [0.05, 0.1) is 17.4 Å². The van der Waals surface area contributed by atoms with E-state index in [2.05, 4.69) is 20.0 Å². The molecule has 0 saturated carbocycles. The standard InChI is InChI=1S/C15H13F3N4O2/c1-9-5-14(23-8-10-7-19-21-22(10)2)12-6-11(24-15(16,17)18)3-4-13(12)20-9/h3-7H,8H2,1-2H3. The molecule has 0 saturated heterocycles.